The number of rotatable bonds is 3. The number of nitrogens with zero attached hydrogens (tertiary/aromatic N) is 1. The zero-order chi connectivity index (χ0) is 19.3. The lowest BCUT2D eigenvalue weighted by atomic mass is 9.49. The molecule has 0 radical (unpaired) electrons. The average Bonchev–Trinajstić information content (AvgIpc) is 3.05. The Morgan fingerprint density at radius 1 is 1.04 bits per heavy atom. The molecule has 154 valence electrons. The standard InChI is InChI=1S/C26H40N2/c1-17-6-8-21-19(15-17)7-9-23-22(21)12-13-26(3)24(10-11-25(23)26)18(2)28-20-5-4-14-27-16-20/h4-5,14,16-19,21-25,28H,6-13,15H2,1-3H3. The topological polar surface area (TPSA) is 24.9 Å². The molecule has 2 nitrogen and oxygen atoms in total. The highest BCUT2D eigenvalue weighted by atomic mass is 14.9. The van der Waals surface area contributed by atoms with E-state index in [1.54, 1.807) is 6.42 Å². The van der Waals surface area contributed by atoms with Crippen molar-refractivity contribution in [3.8, 4) is 0 Å². The number of hydrogen-bond donors (Lipinski definition) is 1. The Labute approximate surface area is 172 Å². The first-order valence-electron chi connectivity index (χ1n) is 12.2. The van der Waals surface area contributed by atoms with E-state index in [9.17, 15) is 0 Å². The second kappa shape index (κ2) is 7.33. The van der Waals surface area contributed by atoms with Gasteiger partial charge in [0.2, 0.25) is 0 Å². The highest BCUT2D eigenvalue weighted by Crippen LogP contribution is 2.65. The first kappa shape index (κ1) is 18.9. The zero-order valence-electron chi connectivity index (χ0n) is 18.2. The summed E-state index contributed by atoms with van der Waals surface area (Å²) in [6.45, 7) is 7.59. The minimum Gasteiger partial charge on any atom is -0.381 e. The van der Waals surface area contributed by atoms with Crippen molar-refractivity contribution in [3.05, 3.63) is 24.5 Å². The molecule has 4 aliphatic carbocycles. The van der Waals surface area contributed by atoms with Crippen LogP contribution >= 0.6 is 0 Å². The maximum absolute atomic E-state index is 4.30. The van der Waals surface area contributed by atoms with Crippen molar-refractivity contribution < 1.29 is 0 Å². The summed E-state index contributed by atoms with van der Waals surface area (Å²) in [6, 6.07) is 4.76. The molecule has 0 bridgehead atoms. The Hall–Kier alpha value is -1.05. The number of pyridine rings is 1. The fourth-order valence-corrected chi connectivity index (χ4v) is 8.76. The van der Waals surface area contributed by atoms with Gasteiger partial charge < -0.3 is 5.32 Å². The van der Waals surface area contributed by atoms with Crippen LogP contribution in [0.5, 0.6) is 0 Å². The number of hydrogen-bond acceptors (Lipinski definition) is 2. The molecule has 0 aliphatic heterocycles. The van der Waals surface area contributed by atoms with E-state index in [2.05, 4.69) is 37.1 Å². The van der Waals surface area contributed by atoms with Gasteiger partial charge in [0.25, 0.3) is 0 Å². The third kappa shape index (κ3) is 3.10. The van der Waals surface area contributed by atoms with Crippen LogP contribution in [0.1, 0.15) is 78.6 Å². The summed E-state index contributed by atoms with van der Waals surface area (Å²) in [5.74, 6) is 7.01. The summed E-state index contributed by atoms with van der Waals surface area (Å²) >= 11 is 0. The monoisotopic (exact) mass is 380 g/mol. The van der Waals surface area contributed by atoms with Crippen LogP contribution in [0.25, 0.3) is 0 Å². The first-order chi connectivity index (χ1) is 13.6. The lowest BCUT2D eigenvalue weighted by Crippen LogP contribution is -2.50. The van der Waals surface area contributed by atoms with Crippen LogP contribution < -0.4 is 5.32 Å². The molecule has 4 fully saturated rings. The molecule has 1 aromatic heterocycles. The van der Waals surface area contributed by atoms with Crippen LogP contribution in [-0.2, 0) is 0 Å². The molecule has 9 unspecified atom stereocenters. The van der Waals surface area contributed by atoms with Crippen LogP contribution in [0.3, 0.4) is 0 Å². The highest BCUT2D eigenvalue weighted by molar-refractivity contribution is 5.41. The summed E-state index contributed by atoms with van der Waals surface area (Å²) in [5.41, 5.74) is 1.73. The smallest absolute Gasteiger partial charge is 0.0528 e. The molecule has 0 aromatic carbocycles. The second-order valence-electron chi connectivity index (χ2n) is 11.3. The predicted molar refractivity (Wildman–Crippen MR) is 117 cm³/mol. The molecule has 4 aliphatic rings. The maximum Gasteiger partial charge on any atom is 0.0528 e. The van der Waals surface area contributed by atoms with E-state index >= 15 is 0 Å². The van der Waals surface area contributed by atoms with Crippen molar-refractivity contribution in [1.82, 2.24) is 4.98 Å². The predicted octanol–water partition coefficient (Wildman–Crippen LogP) is 6.79. The molecule has 1 N–H and O–H groups in total. The molecule has 28 heavy (non-hydrogen) atoms. The maximum atomic E-state index is 4.30. The SMILES string of the molecule is CC1CCC2C(CCC3C2CCC2(C)C(C(C)Nc4cccnc4)CCC32)C1. The van der Waals surface area contributed by atoms with Crippen molar-refractivity contribution in [2.24, 2.45) is 46.8 Å². The van der Waals surface area contributed by atoms with Crippen molar-refractivity contribution in [1.29, 1.82) is 0 Å². The Bertz CT molecular complexity index is 672. The molecule has 0 saturated heterocycles. The van der Waals surface area contributed by atoms with E-state index in [1.165, 1.54) is 57.1 Å². The zero-order valence-corrected chi connectivity index (χ0v) is 18.2. The minimum atomic E-state index is 0.544. The lowest BCUT2D eigenvalue weighted by Gasteiger charge is -2.56. The van der Waals surface area contributed by atoms with Gasteiger partial charge in [-0.25, -0.2) is 0 Å². The van der Waals surface area contributed by atoms with Crippen LogP contribution in [-0.4, -0.2) is 11.0 Å². The molecule has 4 saturated carbocycles. The van der Waals surface area contributed by atoms with E-state index in [4.69, 9.17) is 0 Å². The van der Waals surface area contributed by atoms with Crippen LogP contribution in [0.2, 0.25) is 0 Å². The van der Waals surface area contributed by atoms with Gasteiger partial charge in [-0.3, -0.25) is 4.98 Å². The van der Waals surface area contributed by atoms with E-state index < -0.39 is 0 Å². The molecule has 0 spiro atoms. The summed E-state index contributed by atoms with van der Waals surface area (Å²) in [6.07, 6.45) is 17.4. The van der Waals surface area contributed by atoms with Gasteiger partial charge in [-0.15, -0.1) is 0 Å². The molecule has 9 atom stereocenters. The Morgan fingerprint density at radius 3 is 2.71 bits per heavy atom. The minimum absolute atomic E-state index is 0.544. The van der Waals surface area contributed by atoms with E-state index in [1.807, 2.05) is 18.5 Å². The second-order valence-corrected chi connectivity index (χ2v) is 11.3. The third-order valence-corrected chi connectivity index (χ3v) is 9.95. The van der Waals surface area contributed by atoms with Crippen LogP contribution in [0, 0.1) is 46.8 Å². The molecule has 2 heteroatoms. The Balaban J connectivity index is 1.31. The summed E-state index contributed by atoms with van der Waals surface area (Å²) in [4.78, 5) is 4.30. The van der Waals surface area contributed by atoms with E-state index in [0.29, 0.717) is 11.5 Å². The molecule has 1 heterocycles. The molecule has 0 amide bonds. The average molecular weight is 381 g/mol. The van der Waals surface area contributed by atoms with Gasteiger partial charge in [0.15, 0.2) is 0 Å². The van der Waals surface area contributed by atoms with Crippen molar-refractivity contribution in [2.45, 2.75) is 84.6 Å². The van der Waals surface area contributed by atoms with Crippen LogP contribution in [0.4, 0.5) is 5.69 Å². The molecule has 5 rings (SSSR count). The number of anilines is 1. The van der Waals surface area contributed by atoms with Gasteiger partial charge >= 0.3 is 0 Å². The number of nitrogens with one attached hydrogen (secondary N) is 1. The van der Waals surface area contributed by atoms with Gasteiger partial charge in [-0.2, -0.15) is 0 Å². The Kier molecular flexibility index (Phi) is 4.96. The summed E-state index contributed by atoms with van der Waals surface area (Å²) < 4.78 is 0. The highest BCUT2D eigenvalue weighted by Gasteiger charge is 2.57. The third-order valence-electron chi connectivity index (χ3n) is 9.95. The van der Waals surface area contributed by atoms with Gasteiger partial charge in [-0.05, 0) is 117 Å². The van der Waals surface area contributed by atoms with Crippen LogP contribution in [0.15, 0.2) is 24.5 Å². The van der Waals surface area contributed by atoms with Gasteiger partial charge in [0.05, 0.1) is 5.69 Å². The van der Waals surface area contributed by atoms with Crippen molar-refractivity contribution in [3.63, 3.8) is 0 Å². The van der Waals surface area contributed by atoms with Gasteiger partial charge in [0, 0.05) is 18.4 Å². The van der Waals surface area contributed by atoms with Crippen molar-refractivity contribution >= 4 is 5.69 Å². The normalized spacial score (nSPS) is 46.2. The molecular weight excluding hydrogens is 340 g/mol. The first-order valence-corrected chi connectivity index (χ1v) is 12.2. The van der Waals surface area contributed by atoms with Crippen molar-refractivity contribution in [2.75, 3.05) is 5.32 Å². The van der Waals surface area contributed by atoms with E-state index in [0.717, 1.165) is 41.4 Å². The summed E-state index contributed by atoms with van der Waals surface area (Å²) in [5, 5.41) is 3.80. The largest absolute Gasteiger partial charge is 0.381 e. The van der Waals surface area contributed by atoms with Gasteiger partial charge in [0.1, 0.15) is 0 Å². The molecular formula is C26H40N2. The quantitative estimate of drug-likeness (QED) is 0.624. The van der Waals surface area contributed by atoms with Gasteiger partial charge in [-0.1, -0.05) is 20.3 Å². The Morgan fingerprint density at radius 2 is 1.89 bits per heavy atom. The van der Waals surface area contributed by atoms with E-state index in [-0.39, 0.29) is 0 Å². The lowest BCUT2D eigenvalue weighted by molar-refractivity contribution is -0.0683. The fourth-order valence-electron chi connectivity index (χ4n) is 8.76. The molecule has 1 aromatic rings. The number of fused-ring (bicyclic) bond motifs is 5. The number of aromatic nitrogens is 1. The summed E-state index contributed by atoms with van der Waals surface area (Å²) in [7, 11) is 0. The fraction of sp³-hybridized carbons (Fsp3) is 0.808.